The van der Waals surface area contributed by atoms with E-state index < -0.39 is 0 Å². The highest BCUT2D eigenvalue weighted by Gasteiger charge is 2.06. The molecule has 1 amide bonds. The first kappa shape index (κ1) is 15.7. The van der Waals surface area contributed by atoms with E-state index in [1.165, 1.54) is 0 Å². The second kappa shape index (κ2) is 11.2. The summed E-state index contributed by atoms with van der Waals surface area (Å²) in [7, 11) is 1.61. The largest absolute Gasteiger partial charge is 0.382 e. The van der Waals surface area contributed by atoms with Gasteiger partial charge in [-0.05, 0) is 24.9 Å². The summed E-state index contributed by atoms with van der Waals surface area (Å²) < 4.78 is 9.93. The second-order valence-electron chi connectivity index (χ2n) is 3.50. The molecular weight excluding hydrogens is 226 g/mol. The van der Waals surface area contributed by atoms with Gasteiger partial charge in [0, 0.05) is 13.2 Å². The predicted molar refractivity (Wildman–Crippen MR) is 67.9 cm³/mol. The van der Waals surface area contributed by atoms with E-state index in [2.05, 4.69) is 12.2 Å². The molecule has 96 valence electrons. The van der Waals surface area contributed by atoms with Crippen LogP contribution in [0.3, 0.4) is 0 Å². The number of hydrogen-bond donors (Lipinski definition) is 1. The van der Waals surface area contributed by atoms with Crippen LogP contribution in [0.25, 0.3) is 0 Å². The monoisotopic (exact) mass is 249 g/mol. The van der Waals surface area contributed by atoms with Gasteiger partial charge in [-0.1, -0.05) is 6.92 Å². The summed E-state index contributed by atoms with van der Waals surface area (Å²) in [5.74, 6) is 2.16. The Labute approximate surface area is 102 Å². The number of amides is 1. The number of carbonyl (C=O) groups is 1. The van der Waals surface area contributed by atoms with Gasteiger partial charge in [0.25, 0.3) is 0 Å². The maximum absolute atomic E-state index is 11.4. The third-order valence-electron chi connectivity index (χ3n) is 1.97. The molecule has 16 heavy (non-hydrogen) atoms. The zero-order valence-electron chi connectivity index (χ0n) is 10.5. The quantitative estimate of drug-likeness (QED) is 0.593. The molecule has 0 fully saturated rings. The standard InChI is InChI=1S/C11H23NO3S/c1-4-16-8-5-10(2)12-11(13)9-15-7-6-14-3/h10H,4-9H2,1-3H3,(H,12,13). The summed E-state index contributed by atoms with van der Waals surface area (Å²) in [5.41, 5.74) is 0. The molecule has 0 radical (unpaired) electrons. The zero-order chi connectivity index (χ0) is 12.2. The number of hydrogen-bond acceptors (Lipinski definition) is 4. The molecule has 0 saturated heterocycles. The van der Waals surface area contributed by atoms with Crippen LogP contribution in [0.15, 0.2) is 0 Å². The fraction of sp³-hybridized carbons (Fsp3) is 0.909. The van der Waals surface area contributed by atoms with E-state index in [-0.39, 0.29) is 18.6 Å². The summed E-state index contributed by atoms with van der Waals surface area (Å²) in [6, 6.07) is 0.220. The molecule has 0 aliphatic rings. The Bertz CT molecular complexity index is 179. The van der Waals surface area contributed by atoms with E-state index in [9.17, 15) is 4.79 Å². The zero-order valence-corrected chi connectivity index (χ0v) is 11.3. The van der Waals surface area contributed by atoms with Crippen LogP contribution in [0.5, 0.6) is 0 Å². The highest BCUT2D eigenvalue weighted by Crippen LogP contribution is 2.03. The maximum atomic E-state index is 11.4. The van der Waals surface area contributed by atoms with Gasteiger partial charge in [0.15, 0.2) is 0 Å². The Morgan fingerprint density at radius 1 is 1.44 bits per heavy atom. The Balaban J connectivity index is 3.39. The van der Waals surface area contributed by atoms with Crippen molar-refractivity contribution in [3.8, 4) is 0 Å². The highest BCUT2D eigenvalue weighted by molar-refractivity contribution is 7.99. The summed E-state index contributed by atoms with van der Waals surface area (Å²) in [5, 5.41) is 2.90. The topological polar surface area (TPSA) is 47.6 Å². The number of nitrogens with one attached hydrogen (secondary N) is 1. The summed E-state index contributed by atoms with van der Waals surface area (Å²) in [6.07, 6.45) is 1.00. The van der Waals surface area contributed by atoms with E-state index in [0.717, 1.165) is 17.9 Å². The van der Waals surface area contributed by atoms with Crippen molar-refractivity contribution in [3.05, 3.63) is 0 Å². The molecule has 1 unspecified atom stereocenters. The first-order valence-electron chi connectivity index (χ1n) is 5.64. The first-order valence-corrected chi connectivity index (χ1v) is 6.80. The lowest BCUT2D eigenvalue weighted by Gasteiger charge is -2.13. The van der Waals surface area contributed by atoms with Crippen molar-refractivity contribution in [2.45, 2.75) is 26.3 Å². The van der Waals surface area contributed by atoms with Gasteiger partial charge < -0.3 is 14.8 Å². The van der Waals surface area contributed by atoms with Crippen LogP contribution in [0.2, 0.25) is 0 Å². The smallest absolute Gasteiger partial charge is 0.246 e. The van der Waals surface area contributed by atoms with Gasteiger partial charge in [-0.15, -0.1) is 0 Å². The minimum absolute atomic E-state index is 0.0508. The van der Waals surface area contributed by atoms with Crippen LogP contribution in [0.1, 0.15) is 20.3 Å². The average Bonchev–Trinajstić information content (AvgIpc) is 2.25. The van der Waals surface area contributed by atoms with Crippen LogP contribution in [-0.2, 0) is 14.3 Å². The van der Waals surface area contributed by atoms with Crippen molar-refractivity contribution in [3.63, 3.8) is 0 Å². The first-order chi connectivity index (χ1) is 7.70. The van der Waals surface area contributed by atoms with E-state index in [1.807, 2.05) is 18.7 Å². The third kappa shape index (κ3) is 10.3. The van der Waals surface area contributed by atoms with Gasteiger partial charge in [0.2, 0.25) is 5.91 Å². The lowest BCUT2D eigenvalue weighted by Crippen LogP contribution is -2.35. The fourth-order valence-corrected chi connectivity index (χ4v) is 1.91. The summed E-state index contributed by atoms with van der Waals surface area (Å²) in [6.45, 7) is 5.26. The van der Waals surface area contributed by atoms with Crippen molar-refractivity contribution in [2.75, 3.05) is 38.4 Å². The summed E-state index contributed by atoms with van der Waals surface area (Å²) >= 11 is 1.89. The molecule has 4 nitrogen and oxygen atoms in total. The third-order valence-corrected chi connectivity index (χ3v) is 2.90. The molecule has 0 aromatic heterocycles. The minimum Gasteiger partial charge on any atom is -0.382 e. The Hall–Kier alpha value is -0.260. The lowest BCUT2D eigenvalue weighted by atomic mass is 10.2. The van der Waals surface area contributed by atoms with Crippen molar-refractivity contribution < 1.29 is 14.3 Å². The molecule has 0 aliphatic heterocycles. The molecule has 0 rings (SSSR count). The van der Waals surface area contributed by atoms with Crippen molar-refractivity contribution in [2.24, 2.45) is 0 Å². The number of carbonyl (C=O) groups excluding carboxylic acids is 1. The SMILES string of the molecule is CCSCCC(C)NC(=O)COCCOC. The van der Waals surface area contributed by atoms with Gasteiger partial charge in [-0.2, -0.15) is 11.8 Å². The number of rotatable bonds is 10. The van der Waals surface area contributed by atoms with Gasteiger partial charge in [-0.3, -0.25) is 4.79 Å². The number of thioether (sulfide) groups is 1. The Morgan fingerprint density at radius 2 is 2.19 bits per heavy atom. The average molecular weight is 249 g/mol. The van der Waals surface area contributed by atoms with Crippen molar-refractivity contribution >= 4 is 17.7 Å². The van der Waals surface area contributed by atoms with E-state index in [0.29, 0.717) is 13.2 Å². The highest BCUT2D eigenvalue weighted by atomic mass is 32.2. The van der Waals surface area contributed by atoms with Gasteiger partial charge >= 0.3 is 0 Å². The molecule has 0 spiro atoms. The molecule has 5 heteroatoms. The number of ether oxygens (including phenoxy) is 2. The second-order valence-corrected chi connectivity index (χ2v) is 4.89. The Kier molecular flexibility index (Phi) is 11.0. The van der Waals surface area contributed by atoms with E-state index in [1.54, 1.807) is 7.11 Å². The molecule has 0 aromatic carbocycles. The van der Waals surface area contributed by atoms with Gasteiger partial charge in [-0.25, -0.2) is 0 Å². The van der Waals surface area contributed by atoms with Crippen molar-refractivity contribution in [1.29, 1.82) is 0 Å². The van der Waals surface area contributed by atoms with Crippen LogP contribution in [0, 0.1) is 0 Å². The molecule has 0 heterocycles. The normalized spacial score (nSPS) is 12.4. The van der Waals surface area contributed by atoms with Crippen molar-refractivity contribution in [1.82, 2.24) is 5.32 Å². The molecule has 0 bridgehead atoms. The molecule has 0 aliphatic carbocycles. The fourth-order valence-electron chi connectivity index (χ4n) is 1.10. The van der Waals surface area contributed by atoms with Crippen LogP contribution < -0.4 is 5.32 Å². The molecular formula is C11H23NO3S. The van der Waals surface area contributed by atoms with Gasteiger partial charge in [0.1, 0.15) is 6.61 Å². The minimum atomic E-state index is -0.0508. The van der Waals surface area contributed by atoms with E-state index in [4.69, 9.17) is 9.47 Å². The lowest BCUT2D eigenvalue weighted by molar-refractivity contribution is -0.126. The Morgan fingerprint density at radius 3 is 2.81 bits per heavy atom. The predicted octanol–water partition coefficient (Wildman–Crippen LogP) is 1.30. The summed E-state index contributed by atoms with van der Waals surface area (Å²) in [4.78, 5) is 11.4. The molecule has 1 N–H and O–H groups in total. The molecule has 0 saturated carbocycles. The molecule has 1 atom stereocenters. The van der Waals surface area contributed by atoms with Crippen LogP contribution >= 0.6 is 11.8 Å². The van der Waals surface area contributed by atoms with Crippen LogP contribution in [-0.4, -0.2) is 50.4 Å². The van der Waals surface area contributed by atoms with Gasteiger partial charge in [0.05, 0.1) is 13.2 Å². The van der Waals surface area contributed by atoms with E-state index >= 15 is 0 Å². The molecule has 0 aromatic rings. The maximum Gasteiger partial charge on any atom is 0.246 e. The van der Waals surface area contributed by atoms with Crippen LogP contribution in [0.4, 0.5) is 0 Å². The number of methoxy groups -OCH3 is 1.